The van der Waals surface area contributed by atoms with Crippen LogP contribution in [-0.2, 0) is 24.3 Å². The molecule has 3 aromatic rings. The number of nitrogens with one attached hydrogen (secondary N) is 2. The summed E-state index contributed by atoms with van der Waals surface area (Å²) in [5.74, 6) is 1.80. The van der Waals surface area contributed by atoms with E-state index in [4.69, 9.17) is 4.52 Å². The van der Waals surface area contributed by atoms with Crippen LogP contribution >= 0.6 is 0 Å². The van der Waals surface area contributed by atoms with E-state index in [1.54, 1.807) is 0 Å². The van der Waals surface area contributed by atoms with Gasteiger partial charge in [0.1, 0.15) is 0 Å². The first-order valence-corrected chi connectivity index (χ1v) is 13.2. The van der Waals surface area contributed by atoms with Gasteiger partial charge in [0.25, 0.3) is 0 Å². The van der Waals surface area contributed by atoms with E-state index in [1.807, 2.05) is 30.3 Å². The van der Waals surface area contributed by atoms with E-state index in [1.165, 1.54) is 5.69 Å². The molecule has 2 aliphatic rings. The van der Waals surface area contributed by atoms with Crippen LogP contribution in [0.1, 0.15) is 29.9 Å². The van der Waals surface area contributed by atoms with Crippen molar-refractivity contribution in [1.82, 2.24) is 20.7 Å². The Morgan fingerprint density at radius 3 is 2.53 bits per heavy atom. The molecule has 3 heterocycles. The summed E-state index contributed by atoms with van der Waals surface area (Å²) in [6.07, 6.45) is 2.42. The summed E-state index contributed by atoms with van der Waals surface area (Å²) in [6, 6.07) is 22.8. The number of carbonyl (C=O) groups excluding carboxylic acids is 1. The van der Waals surface area contributed by atoms with Gasteiger partial charge in [-0.05, 0) is 55.5 Å². The SMILES string of the molecule is O=C(CC1CCNCC1Cc1cc(CN2CCN(c3ccccc3)CC2)on1)NCc1ccccc1. The maximum atomic E-state index is 12.6. The monoisotopic (exact) mass is 487 g/mol. The first-order valence-electron chi connectivity index (χ1n) is 13.2. The minimum atomic E-state index is 0.131. The number of carbonyl (C=O) groups is 1. The number of hydrogen-bond acceptors (Lipinski definition) is 6. The second-order valence-electron chi connectivity index (χ2n) is 10.1. The Hall–Kier alpha value is -3.16. The van der Waals surface area contributed by atoms with Crippen molar-refractivity contribution in [2.45, 2.75) is 32.4 Å². The Labute approximate surface area is 213 Å². The minimum absolute atomic E-state index is 0.131. The topological polar surface area (TPSA) is 73.6 Å². The molecule has 1 amide bonds. The highest BCUT2D eigenvalue weighted by Crippen LogP contribution is 2.26. The van der Waals surface area contributed by atoms with Crippen molar-refractivity contribution in [2.24, 2.45) is 11.8 Å². The highest BCUT2D eigenvalue weighted by atomic mass is 16.5. The van der Waals surface area contributed by atoms with Gasteiger partial charge in [-0.25, -0.2) is 0 Å². The van der Waals surface area contributed by atoms with Gasteiger partial charge in [-0.1, -0.05) is 53.7 Å². The summed E-state index contributed by atoms with van der Waals surface area (Å²) < 4.78 is 5.72. The average Bonchev–Trinajstić information content (AvgIpc) is 3.37. The number of hydrogen-bond donors (Lipinski definition) is 2. The van der Waals surface area contributed by atoms with E-state index < -0.39 is 0 Å². The fourth-order valence-electron chi connectivity index (χ4n) is 5.41. The van der Waals surface area contributed by atoms with Crippen molar-refractivity contribution >= 4 is 11.6 Å². The maximum absolute atomic E-state index is 12.6. The van der Waals surface area contributed by atoms with Gasteiger partial charge in [0.2, 0.25) is 5.91 Å². The van der Waals surface area contributed by atoms with Crippen LogP contribution in [-0.4, -0.2) is 55.2 Å². The zero-order chi connectivity index (χ0) is 24.6. The molecule has 2 atom stereocenters. The zero-order valence-corrected chi connectivity index (χ0v) is 20.9. The number of piperazine rings is 1. The predicted octanol–water partition coefficient (Wildman–Crippen LogP) is 3.47. The number of amides is 1. The molecule has 7 heteroatoms. The highest BCUT2D eigenvalue weighted by Gasteiger charge is 2.28. The Kier molecular flexibility index (Phi) is 8.31. The number of benzene rings is 2. The predicted molar refractivity (Wildman–Crippen MR) is 142 cm³/mol. The van der Waals surface area contributed by atoms with E-state index in [0.717, 1.165) is 75.7 Å². The average molecular weight is 488 g/mol. The molecule has 2 aromatic carbocycles. The third-order valence-corrected chi connectivity index (χ3v) is 7.50. The molecule has 190 valence electrons. The molecule has 36 heavy (non-hydrogen) atoms. The number of aromatic nitrogens is 1. The Morgan fingerprint density at radius 2 is 1.75 bits per heavy atom. The lowest BCUT2D eigenvalue weighted by Crippen LogP contribution is -2.45. The summed E-state index contributed by atoms with van der Waals surface area (Å²) in [5.41, 5.74) is 3.42. The van der Waals surface area contributed by atoms with E-state index >= 15 is 0 Å². The molecule has 0 bridgehead atoms. The van der Waals surface area contributed by atoms with Crippen LogP contribution in [0.4, 0.5) is 5.69 Å². The molecular formula is C29H37N5O2. The van der Waals surface area contributed by atoms with Crippen LogP contribution in [0.25, 0.3) is 0 Å². The van der Waals surface area contributed by atoms with Crippen LogP contribution in [0.5, 0.6) is 0 Å². The standard InChI is InChI=1S/C29H37N5O2/c35-29(31-20-23-7-3-1-4-8-23)18-24-11-12-30-21-25(24)17-26-19-28(36-32-26)22-33-13-15-34(16-14-33)27-9-5-2-6-10-27/h1-10,19,24-25,30H,11-18,20-22H2,(H,31,35). The van der Waals surface area contributed by atoms with Crippen molar-refractivity contribution in [3.63, 3.8) is 0 Å². The minimum Gasteiger partial charge on any atom is -0.369 e. The van der Waals surface area contributed by atoms with Crippen molar-refractivity contribution in [2.75, 3.05) is 44.2 Å². The van der Waals surface area contributed by atoms with Crippen molar-refractivity contribution in [3.8, 4) is 0 Å². The molecule has 0 radical (unpaired) electrons. The summed E-state index contributed by atoms with van der Waals surface area (Å²) in [6.45, 7) is 7.33. The van der Waals surface area contributed by atoms with Gasteiger partial charge >= 0.3 is 0 Å². The highest BCUT2D eigenvalue weighted by molar-refractivity contribution is 5.76. The molecule has 2 aliphatic heterocycles. The van der Waals surface area contributed by atoms with Gasteiger partial charge in [-0.15, -0.1) is 0 Å². The lowest BCUT2D eigenvalue weighted by Gasteiger charge is -2.35. The third-order valence-electron chi connectivity index (χ3n) is 7.50. The molecular weight excluding hydrogens is 450 g/mol. The molecule has 2 fully saturated rings. The summed E-state index contributed by atoms with van der Waals surface area (Å²) >= 11 is 0. The van der Waals surface area contributed by atoms with Crippen molar-refractivity contribution < 1.29 is 9.32 Å². The molecule has 2 N–H and O–H groups in total. The zero-order valence-electron chi connectivity index (χ0n) is 20.9. The summed E-state index contributed by atoms with van der Waals surface area (Å²) in [4.78, 5) is 17.5. The number of nitrogens with zero attached hydrogens (tertiary/aromatic N) is 3. The Bertz CT molecular complexity index is 1080. The Morgan fingerprint density at radius 1 is 1.00 bits per heavy atom. The number of rotatable bonds is 9. The van der Waals surface area contributed by atoms with Gasteiger partial charge < -0.3 is 20.1 Å². The maximum Gasteiger partial charge on any atom is 0.220 e. The lowest BCUT2D eigenvalue weighted by molar-refractivity contribution is -0.122. The van der Waals surface area contributed by atoms with E-state index in [2.05, 4.69) is 62.0 Å². The van der Waals surface area contributed by atoms with Crippen LogP contribution in [0.15, 0.2) is 71.3 Å². The van der Waals surface area contributed by atoms with Crippen LogP contribution < -0.4 is 15.5 Å². The third kappa shape index (κ3) is 6.74. The second kappa shape index (κ2) is 12.2. The number of piperidine rings is 1. The molecule has 2 unspecified atom stereocenters. The normalized spacial score (nSPS) is 20.8. The van der Waals surface area contributed by atoms with Gasteiger partial charge in [0.05, 0.1) is 12.2 Å². The largest absolute Gasteiger partial charge is 0.369 e. The molecule has 0 aliphatic carbocycles. The molecule has 1 aromatic heterocycles. The first-order chi connectivity index (χ1) is 17.7. The van der Waals surface area contributed by atoms with Crippen LogP contribution in [0.2, 0.25) is 0 Å². The molecule has 5 rings (SSSR count). The first kappa shape index (κ1) is 24.5. The second-order valence-corrected chi connectivity index (χ2v) is 10.1. The molecule has 2 saturated heterocycles. The molecule has 7 nitrogen and oxygen atoms in total. The van der Waals surface area contributed by atoms with E-state index in [-0.39, 0.29) is 5.91 Å². The van der Waals surface area contributed by atoms with Gasteiger partial charge in [-0.2, -0.15) is 0 Å². The van der Waals surface area contributed by atoms with E-state index in [0.29, 0.717) is 24.8 Å². The summed E-state index contributed by atoms with van der Waals surface area (Å²) in [5, 5.41) is 11.0. The quantitative estimate of drug-likeness (QED) is 0.482. The number of anilines is 1. The van der Waals surface area contributed by atoms with Crippen LogP contribution in [0, 0.1) is 11.8 Å². The van der Waals surface area contributed by atoms with Crippen molar-refractivity contribution in [3.05, 3.63) is 83.7 Å². The van der Waals surface area contributed by atoms with Gasteiger partial charge in [-0.3, -0.25) is 9.69 Å². The van der Waals surface area contributed by atoms with Gasteiger partial charge in [0.15, 0.2) is 5.76 Å². The smallest absolute Gasteiger partial charge is 0.220 e. The number of para-hydroxylation sites is 1. The summed E-state index contributed by atoms with van der Waals surface area (Å²) in [7, 11) is 0. The van der Waals surface area contributed by atoms with Crippen LogP contribution in [0.3, 0.4) is 0 Å². The lowest BCUT2D eigenvalue weighted by atomic mass is 9.81. The molecule has 0 saturated carbocycles. The molecule has 0 spiro atoms. The fraction of sp³-hybridized carbons (Fsp3) is 0.448. The Balaban J connectivity index is 1.09. The van der Waals surface area contributed by atoms with Crippen molar-refractivity contribution in [1.29, 1.82) is 0 Å². The van der Waals surface area contributed by atoms with Gasteiger partial charge in [0, 0.05) is 50.9 Å². The van der Waals surface area contributed by atoms with E-state index in [9.17, 15) is 4.79 Å². The fourth-order valence-corrected chi connectivity index (χ4v) is 5.41.